The maximum atomic E-state index is 11.9. The molecule has 3 heteroatoms. The van der Waals surface area contributed by atoms with Gasteiger partial charge in [-0.15, -0.1) is 0 Å². The second kappa shape index (κ2) is 6.83. The van der Waals surface area contributed by atoms with Crippen LogP contribution < -0.4 is 5.73 Å². The Morgan fingerprint density at radius 1 is 1.27 bits per heavy atom. The van der Waals surface area contributed by atoms with Crippen LogP contribution in [0.3, 0.4) is 0 Å². The average Bonchev–Trinajstić information content (AvgIpc) is 2.16. The Balaban J connectivity index is 4.06. The Bertz CT molecular complexity index is 190. The lowest BCUT2D eigenvalue weighted by Crippen LogP contribution is -2.52. The largest absolute Gasteiger partial charge is 0.344 e. The molecule has 90 valence electrons. The van der Waals surface area contributed by atoms with Crippen LogP contribution in [0.2, 0.25) is 0 Å². The molecule has 0 aromatic heterocycles. The third-order valence-electron chi connectivity index (χ3n) is 2.70. The second-order valence-electron chi connectivity index (χ2n) is 4.60. The molecule has 0 spiro atoms. The molecule has 2 N–H and O–H groups in total. The highest BCUT2D eigenvalue weighted by Gasteiger charge is 2.29. The van der Waals surface area contributed by atoms with E-state index in [1.54, 1.807) is 4.90 Å². The van der Waals surface area contributed by atoms with Gasteiger partial charge in [0.25, 0.3) is 0 Å². The summed E-state index contributed by atoms with van der Waals surface area (Å²) in [6.07, 6.45) is 5.12. The van der Waals surface area contributed by atoms with Crippen LogP contribution in [0, 0.1) is 0 Å². The minimum Gasteiger partial charge on any atom is -0.344 e. The van der Waals surface area contributed by atoms with Gasteiger partial charge in [-0.2, -0.15) is 0 Å². The van der Waals surface area contributed by atoms with Gasteiger partial charge in [0.1, 0.15) is 0 Å². The number of carbonyl (C=O) groups is 1. The molecule has 1 amide bonds. The number of nitrogens with zero attached hydrogens (tertiary/aromatic N) is 1. The van der Waals surface area contributed by atoms with Gasteiger partial charge in [0.05, 0.1) is 5.54 Å². The van der Waals surface area contributed by atoms with Gasteiger partial charge in [0.2, 0.25) is 5.91 Å². The highest BCUT2D eigenvalue weighted by atomic mass is 16.2. The Morgan fingerprint density at radius 3 is 2.33 bits per heavy atom. The van der Waals surface area contributed by atoms with Crippen molar-refractivity contribution in [2.75, 3.05) is 13.6 Å². The van der Waals surface area contributed by atoms with Gasteiger partial charge in [-0.3, -0.25) is 4.79 Å². The molecule has 0 bridgehead atoms. The van der Waals surface area contributed by atoms with Crippen LogP contribution >= 0.6 is 0 Å². The van der Waals surface area contributed by atoms with Crippen LogP contribution in [-0.2, 0) is 4.79 Å². The number of amides is 1. The number of nitrogens with two attached hydrogens (primary N) is 1. The zero-order chi connectivity index (χ0) is 11.9. The summed E-state index contributed by atoms with van der Waals surface area (Å²) in [4.78, 5) is 13.7. The first kappa shape index (κ1) is 14.4. The Kier molecular flexibility index (Phi) is 6.57. The van der Waals surface area contributed by atoms with E-state index in [0.717, 1.165) is 25.8 Å². The predicted octanol–water partition coefficient (Wildman–Crippen LogP) is 2.15. The van der Waals surface area contributed by atoms with Crippen molar-refractivity contribution in [2.24, 2.45) is 5.73 Å². The fourth-order valence-electron chi connectivity index (χ4n) is 1.76. The van der Waals surface area contributed by atoms with E-state index in [-0.39, 0.29) is 5.91 Å². The monoisotopic (exact) mass is 214 g/mol. The van der Waals surface area contributed by atoms with E-state index in [9.17, 15) is 4.79 Å². The summed E-state index contributed by atoms with van der Waals surface area (Å²) in [6, 6.07) is 0. The summed E-state index contributed by atoms with van der Waals surface area (Å²) in [7, 11) is 1.85. The first-order chi connectivity index (χ1) is 6.95. The first-order valence-electron chi connectivity index (χ1n) is 6.00. The number of hydrogen-bond acceptors (Lipinski definition) is 2. The number of carbonyl (C=O) groups excluding carboxylic acids is 1. The molecule has 0 aromatic carbocycles. The van der Waals surface area contributed by atoms with Crippen molar-refractivity contribution in [3.8, 4) is 0 Å². The minimum absolute atomic E-state index is 0.0699. The zero-order valence-electron chi connectivity index (χ0n) is 10.7. The molecule has 1 unspecified atom stereocenters. The fraction of sp³-hybridized carbons (Fsp3) is 0.917. The van der Waals surface area contributed by atoms with Gasteiger partial charge in [0.15, 0.2) is 0 Å². The van der Waals surface area contributed by atoms with Gasteiger partial charge in [-0.1, -0.05) is 33.1 Å². The summed E-state index contributed by atoms with van der Waals surface area (Å²) in [6.45, 7) is 6.86. The standard InChI is InChI=1S/C12H26N2O/c1-5-7-8-10-14(4)11(15)12(3,13)9-6-2/h5-10,13H2,1-4H3. The molecule has 0 aliphatic carbocycles. The molecule has 0 aliphatic heterocycles. The summed E-state index contributed by atoms with van der Waals surface area (Å²) in [5.41, 5.74) is 5.30. The number of hydrogen-bond donors (Lipinski definition) is 1. The highest BCUT2D eigenvalue weighted by molar-refractivity contribution is 5.85. The highest BCUT2D eigenvalue weighted by Crippen LogP contribution is 2.12. The molecule has 0 rings (SSSR count). The van der Waals surface area contributed by atoms with E-state index in [0.29, 0.717) is 0 Å². The molecule has 3 nitrogen and oxygen atoms in total. The van der Waals surface area contributed by atoms with E-state index in [1.165, 1.54) is 12.8 Å². The number of likely N-dealkylation sites (N-methyl/N-ethyl adjacent to an activating group) is 1. The van der Waals surface area contributed by atoms with Crippen molar-refractivity contribution < 1.29 is 4.79 Å². The van der Waals surface area contributed by atoms with Crippen molar-refractivity contribution in [1.29, 1.82) is 0 Å². The lowest BCUT2D eigenvalue weighted by Gasteiger charge is -2.29. The average molecular weight is 214 g/mol. The van der Waals surface area contributed by atoms with Crippen molar-refractivity contribution in [2.45, 2.75) is 58.4 Å². The Labute approximate surface area is 94.0 Å². The van der Waals surface area contributed by atoms with Crippen LogP contribution in [0.15, 0.2) is 0 Å². The SMILES string of the molecule is CCCCCN(C)C(=O)C(C)(N)CCC. The normalized spacial score (nSPS) is 14.7. The van der Waals surface area contributed by atoms with Crippen LogP contribution in [-0.4, -0.2) is 29.9 Å². The molecular formula is C12H26N2O. The lowest BCUT2D eigenvalue weighted by atomic mass is 9.96. The van der Waals surface area contributed by atoms with Crippen LogP contribution in [0.4, 0.5) is 0 Å². The molecule has 1 atom stereocenters. The van der Waals surface area contributed by atoms with Crippen molar-refractivity contribution in [3.63, 3.8) is 0 Å². The number of unbranched alkanes of at least 4 members (excludes halogenated alkanes) is 2. The zero-order valence-corrected chi connectivity index (χ0v) is 10.7. The molecule has 0 fully saturated rings. The van der Waals surface area contributed by atoms with Crippen LogP contribution in [0.1, 0.15) is 52.9 Å². The predicted molar refractivity (Wildman–Crippen MR) is 64.7 cm³/mol. The smallest absolute Gasteiger partial charge is 0.242 e. The van der Waals surface area contributed by atoms with Gasteiger partial charge in [-0.05, 0) is 19.8 Å². The molecule has 15 heavy (non-hydrogen) atoms. The van der Waals surface area contributed by atoms with E-state index < -0.39 is 5.54 Å². The van der Waals surface area contributed by atoms with Gasteiger partial charge >= 0.3 is 0 Å². The van der Waals surface area contributed by atoms with Crippen molar-refractivity contribution in [3.05, 3.63) is 0 Å². The summed E-state index contributed by atoms with van der Waals surface area (Å²) in [5, 5.41) is 0. The van der Waals surface area contributed by atoms with Crippen molar-refractivity contribution >= 4 is 5.91 Å². The number of rotatable bonds is 7. The molecular weight excluding hydrogens is 188 g/mol. The summed E-state index contributed by atoms with van der Waals surface area (Å²) in [5.74, 6) is 0.0699. The second-order valence-corrected chi connectivity index (χ2v) is 4.60. The maximum Gasteiger partial charge on any atom is 0.242 e. The van der Waals surface area contributed by atoms with E-state index in [2.05, 4.69) is 13.8 Å². The third-order valence-corrected chi connectivity index (χ3v) is 2.70. The lowest BCUT2D eigenvalue weighted by molar-refractivity contribution is -0.135. The Hall–Kier alpha value is -0.570. The molecule has 0 radical (unpaired) electrons. The minimum atomic E-state index is -0.685. The quantitative estimate of drug-likeness (QED) is 0.660. The van der Waals surface area contributed by atoms with E-state index in [4.69, 9.17) is 5.73 Å². The van der Waals surface area contributed by atoms with Crippen molar-refractivity contribution in [1.82, 2.24) is 4.90 Å². The summed E-state index contributed by atoms with van der Waals surface area (Å²) < 4.78 is 0. The maximum absolute atomic E-state index is 11.9. The van der Waals surface area contributed by atoms with Gasteiger partial charge < -0.3 is 10.6 Å². The van der Waals surface area contributed by atoms with Crippen LogP contribution in [0.25, 0.3) is 0 Å². The van der Waals surface area contributed by atoms with Gasteiger partial charge in [0, 0.05) is 13.6 Å². The van der Waals surface area contributed by atoms with E-state index >= 15 is 0 Å². The molecule has 0 saturated carbocycles. The van der Waals surface area contributed by atoms with Crippen LogP contribution in [0.5, 0.6) is 0 Å². The first-order valence-corrected chi connectivity index (χ1v) is 6.00. The topological polar surface area (TPSA) is 46.3 Å². The molecule has 0 saturated heterocycles. The fourth-order valence-corrected chi connectivity index (χ4v) is 1.76. The van der Waals surface area contributed by atoms with Gasteiger partial charge in [-0.25, -0.2) is 0 Å². The summed E-state index contributed by atoms with van der Waals surface area (Å²) >= 11 is 0. The molecule has 0 aliphatic rings. The molecule has 0 heterocycles. The van der Waals surface area contributed by atoms with E-state index in [1.807, 2.05) is 14.0 Å². The third kappa shape index (κ3) is 5.17. The molecule has 0 aromatic rings. The Morgan fingerprint density at radius 2 is 1.87 bits per heavy atom.